The molecule has 3 N–H and O–H groups in total. The Morgan fingerprint density at radius 3 is 2.51 bits per heavy atom. The first-order valence-electron chi connectivity index (χ1n) is 13.7. The molecule has 0 saturated carbocycles. The van der Waals surface area contributed by atoms with Gasteiger partial charge in [-0.2, -0.15) is 0 Å². The molecular weight excluding hydrogens is 524 g/mol. The van der Waals surface area contributed by atoms with Crippen LogP contribution in [0.25, 0.3) is 11.1 Å². The van der Waals surface area contributed by atoms with Crippen LogP contribution in [-0.4, -0.2) is 48.7 Å². The third-order valence-corrected chi connectivity index (χ3v) is 6.93. The molecule has 5 rings (SSSR count). The Morgan fingerprint density at radius 2 is 1.73 bits per heavy atom. The number of carbonyl (C=O) groups excluding carboxylic acids is 1. The number of halogens is 2. The molecule has 1 saturated heterocycles. The lowest BCUT2D eigenvalue weighted by Gasteiger charge is -2.27. The van der Waals surface area contributed by atoms with E-state index in [0.29, 0.717) is 35.5 Å². The van der Waals surface area contributed by atoms with Crippen LogP contribution >= 0.6 is 0 Å². The van der Waals surface area contributed by atoms with Gasteiger partial charge in [0.15, 0.2) is 11.6 Å². The molecule has 0 radical (unpaired) electrons. The van der Waals surface area contributed by atoms with Gasteiger partial charge in [0.1, 0.15) is 5.75 Å². The maximum Gasteiger partial charge on any atom is 0.319 e. The topological polar surface area (TPSA) is 78.5 Å². The van der Waals surface area contributed by atoms with Gasteiger partial charge in [-0.15, -0.1) is 0 Å². The lowest BCUT2D eigenvalue weighted by atomic mass is 9.96. The van der Waals surface area contributed by atoms with Gasteiger partial charge >= 0.3 is 6.03 Å². The van der Waals surface area contributed by atoms with E-state index in [9.17, 15) is 13.6 Å². The molecule has 4 aromatic rings. The van der Waals surface area contributed by atoms with Crippen molar-refractivity contribution in [1.29, 1.82) is 0 Å². The molecule has 0 atom stereocenters. The minimum absolute atomic E-state index is 0.275. The maximum absolute atomic E-state index is 14.3. The van der Waals surface area contributed by atoms with Crippen LogP contribution in [-0.2, 0) is 19.5 Å². The van der Waals surface area contributed by atoms with Crippen LogP contribution in [0.1, 0.15) is 16.7 Å². The number of nitrogens with zero attached hydrogens (tertiary/aromatic N) is 2. The van der Waals surface area contributed by atoms with Crippen molar-refractivity contribution in [3.8, 4) is 16.9 Å². The molecule has 2 amide bonds. The number of pyridine rings is 1. The number of nitrogens with one attached hydrogen (secondary N) is 3. The van der Waals surface area contributed by atoms with E-state index >= 15 is 0 Å². The first kappa shape index (κ1) is 28.2. The average molecular weight is 558 g/mol. The maximum atomic E-state index is 14.3. The molecule has 0 bridgehead atoms. The van der Waals surface area contributed by atoms with Crippen molar-refractivity contribution < 1.29 is 18.3 Å². The molecule has 1 fully saturated rings. The highest BCUT2D eigenvalue weighted by Gasteiger charge is 2.14. The fourth-order valence-corrected chi connectivity index (χ4v) is 4.80. The van der Waals surface area contributed by atoms with E-state index < -0.39 is 11.6 Å². The van der Waals surface area contributed by atoms with Crippen molar-refractivity contribution in [2.45, 2.75) is 19.5 Å². The van der Waals surface area contributed by atoms with Crippen molar-refractivity contribution in [2.75, 3.05) is 38.1 Å². The van der Waals surface area contributed by atoms with E-state index in [1.807, 2.05) is 24.3 Å². The number of aromatic nitrogens is 1. The molecule has 3 aromatic carbocycles. The average Bonchev–Trinajstić information content (AvgIpc) is 3.00. The summed E-state index contributed by atoms with van der Waals surface area (Å²) < 4.78 is 34.4. The van der Waals surface area contributed by atoms with Gasteiger partial charge in [-0.1, -0.05) is 24.3 Å². The van der Waals surface area contributed by atoms with Crippen LogP contribution in [0.3, 0.4) is 0 Å². The number of hydrogen-bond donors (Lipinski definition) is 3. The smallest absolute Gasteiger partial charge is 0.319 e. The van der Waals surface area contributed by atoms with Crippen molar-refractivity contribution >= 4 is 11.7 Å². The van der Waals surface area contributed by atoms with Crippen molar-refractivity contribution in [1.82, 2.24) is 20.5 Å². The summed E-state index contributed by atoms with van der Waals surface area (Å²) in [5, 5.41) is 8.92. The Bertz CT molecular complexity index is 1440. The van der Waals surface area contributed by atoms with E-state index in [-0.39, 0.29) is 12.6 Å². The van der Waals surface area contributed by atoms with Gasteiger partial charge in [-0.25, -0.2) is 13.6 Å². The number of amides is 2. The molecule has 1 aromatic heterocycles. The SMILES string of the molecule is O=C(NCc1cccnc1)Nc1ccc(OCCc2cc(F)c(F)cc2-c2cccc(CN3CCNCC3)c2)cc1. The van der Waals surface area contributed by atoms with Gasteiger partial charge in [0.05, 0.1) is 6.61 Å². The highest BCUT2D eigenvalue weighted by Crippen LogP contribution is 2.28. The fourth-order valence-electron chi connectivity index (χ4n) is 4.80. The Morgan fingerprint density at radius 1 is 0.951 bits per heavy atom. The zero-order chi connectivity index (χ0) is 28.4. The normalized spacial score (nSPS) is 13.5. The molecule has 41 heavy (non-hydrogen) atoms. The summed E-state index contributed by atoms with van der Waals surface area (Å²) in [6, 6.07) is 20.9. The number of carbonyl (C=O) groups is 1. The number of rotatable bonds is 10. The van der Waals surface area contributed by atoms with Crippen LogP contribution in [0.5, 0.6) is 5.75 Å². The highest BCUT2D eigenvalue weighted by atomic mass is 19.2. The lowest BCUT2D eigenvalue weighted by molar-refractivity contribution is 0.233. The summed E-state index contributed by atoms with van der Waals surface area (Å²) in [7, 11) is 0. The van der Waals surface area contributed by atoms with E-state index in [1.54, 1.807) is 36.7 Å². The monoisotopic (exact) mass is 557 g/mol. The summed E-state index contributed by atoms with van der Waals surface area (Å²) in [5.74, 6) is -1.14. The van der Waals surface area contributed by atoms with Crippen LogP contribution < -0.4 is 20.7 Å². The minimum Gasteiger partial charge on any atom is -0.493 e. The predicted molar refractivity (Wildman–Crippen MR) is 156 cm³/mol. The van der Waals surface area contributed by atoms with E-state index in [4.69, 9.17) is 4.74 Å². The molecule has 212 valence electrons. The van der Waals surface area contributed by atoms with Crippen molar-refractivity contribution in [3.63, 3.8) is 0 Å². The molecule has 7 nitrogen and oxygen atoms in total. The molecule has 0 aliphatic carbocycles. The lowest BCUT2D eigenvalue weighted by Crippen LogP contribution is -2.42. The van der Waals surface area contributed by atoms with E-state index in [2.05, 4.69) is 38.0 Å². The van der Waals surface area contributed by atoms with E-state index in [0.717, 1.165) is 49.4 Å². The molecular formula is C32H33F2N5O2. The van der Waals surface area contributed by atoms with Crippen molar-refractivity contribution in [3.05, 3.63) is 114 Å². The van der Waals surface area contributed by atoms with Crippen LogP contribution in [0, 0.1) is 11.6 Å². The summed E-state index contributed by atoms with van der Waals surface area (Å²) in [6.45, 7) is 5.35. The van der Waals surface area contributed by atoms with Crippen LogP contribution in [0.4, 0.5) is 19.3 Å². The third-order valence-electron chi connectivity index (χ3n) is 6.93. The standard InChI is InChI=1S/C32H33F2N5O2/c33-30-18-26(29(19-31(30)34)25-5-1-3-23(17-25)22-39-14-12-35-13-15-39)10-16-41-28-8-6-27(7-9-28)38-32(40)37-21-24-4-2-11-36-20-24/h1-9,11,17-20,35H,10,12-16,21-22H2,(H2,37,38,40). The van der Waals surface area contributed by atoms with Gasteiger partial charge < -0.3 is 20.7 Å². The molecule has 0 unspecified atom stereocenters. The summed E-state index contributed by atoms with van der Waals surface area (Å²) in [4.78, 5) is 18.6. The van der Waals surface area contributed by atoms with Gasteiger partial charge in [-0.05, 0) is 76.3 Å². The molecule has 1 aliphatic rings. The minimum atomic E-state index is -0.877. The second-order valence-corrected chi connectivity index (χ2v) is 9.94. The Balaban J connectivity index is 1.18. The summed E-state index contributed by atoms with van der Waals surface area (Å²) >= 11 is 0. The Kier molecular flexibility index (Phi) is 9.51. The van der Waals surface area contributed by atoms with Gasteiger partial charge in [0, 0.05) is 63.8 Å². The van der Waals surface area contributed by atoms with Gasteiger partial charge in [0.2, 0.25) is 0 Å². The number of benzene rings is 3. The van der Waals surface area contributed by atoms with Gasteiger partial charge in [-0.3, -0.25) is 9.88 Å². The zero-order valence-corrected chi connectivity index (χ0v) is 22.7. The van der Waals surface area contributed by atoms with Gasteiger partial charge in [0.25, 0.3) is 0 Å². The Hall–Kier alpha value is -4.34. The largest absolute Gasteiger partial charge is 0.493 e. The summed E-state index contributed by atoms with van der Waals surface area (Å²) in [5.41, 5.74) is 4.83. The summed E-state index contributed by atoms with van der Waals surface area (Å²) in [6.07, 6.45) is 3.77. The molecule has 1 aliphatic heterocycles. The molecule has 0 spiro atoms. The zero-order valence-electron chi connectivity index (χ0n) is 22.7. The highest BCUT2D eigenvalue weighted by molar-refractivity contribution is 5.89. The predicted octanol–water partition coefficient (Wildman–Crippen LogP) is 5.38. The quantitative estimate of drug-likeness (QED) is 0.244. The first-order valence-corrected chi connectivity index (χ1v) is 13.7. The van der Waals surface area contributed by atoms with Crippen molar-refractivity contribution in [2.24, 2.45) is 0 Å². The second kappa shape index (κ2) is 13.8. The van der Waals surface area contributed by atoms with Crippen LogP contribution in [0.2, 0.25) is 0 Å². The fraction of sp³-hybridized carbons (Fsp3) is 0.250. The first-order chi connectivity index (χ1) is 20.0. The van der Waals surface area contributed by atoms with Crippen LogP contribution in [0.15, 0.2) is 85.2 Å². The van der Waals surface area contributed by atoms with E-state index in [1.165, 1.54) is 12.1 Å². The Labute approximate surface area is 238 Å². The molecule has 2 heterocycles. The number of ether oxygens (including phenoxy) is 1. The molecule has 9 heteroatoms. The number of anilines is 1. The number of hydrogen-bond acceptors (Lipinski definition) is 5. The number of piperazine rings is 1. The number of urea groups is 1. The third kappa shape index (κ3) is 8.09. The second-order valence-electron chi connectivity index (χ2n) is 9.94.